The molecule has 2 rings (SSSR count). The predicted octanol–water partition coefficient (Wildman–Crippen LogP) is 0.854. The zero-order valence-corrected chi connectivity index (χ0v) is 8.96. The zero-order valence-electron chi connectivity index (χ0n) is 8.96. The highest BCUT2D eigenvalue weighted by Gasteiger charge is 2.31. The summed E-state index contributed by atoms with van der Waals surface area (Å²) in [4.78, 5) is 14.2. The van der Waals surface area contributed by atoms with Crippen LogP contribution < -0.4 is 5.32 Å². The number of hydrogen-bond acceptors (Lipinski definition) is 2. The molecule has 0 aliphatic carbocycles. The van der Waals surface area contributed by atoms with Gasteiger partial charge in [0.2, 0.25) is 5.91 Å². The van der Waals surface area contributed by atoms with Gasteiger partial charge < -0.3 is 10.2 Å². The van der Waals surface area contributed by atoms with E-state index in [0.717, 1.165) is 32.6 Å². The molecule has 0 saturated carbocycles. The fourth-order valence-electron chi connectivity index (χ4n) is 2.55. The average molecular weight is 196 g/mol. The van der Waals surface area contributed by atoms with Crippen molar-refractivity contribution in [3.8, 4) is 0 Å². The molecule has 0 aromatic heterocycles. The van der Waals surface area contributed by atoms with Crippen LogP contribution in [-0.4, -0.2) is 37.0 Å². The van der Waals surface area contributed by atoms with E-state index in [-0.39, 0.29) is 5.92 Å². The monoisotopic (exact) mass is 196 g/mol. The highest BCUT2D eigenvalue weighted by Crippen LogP contribution is 2.23. The Bertz CT molecular complexity index is 211. The van der Waals surface area contributed by atoms with Crippen LogP contribution in [0.1, 0.15) is 26.2 Å². The van der Waals surface area contributed by atoms with Gasteiger partial charge in [-0.3, -0.25) is 4.79 Å². The first kappa shape index (κ1) is 9.97. The summed E-state index contributed by atoms with van der Waals surface area (Å²) in [5, 5.41) is 3.34. The van der Waals surface area contributed by atoms with Crippen LogP contribution in [0.4, 0.5) is 0 Å². The molecule has 3 heteroatoms. The maximum atomic E-state index is 12.1. The second-order valence-electron chi connectivity index (χ2n) is 4.61. The molecule has 2 atom stereocenters. The summed E-state index contributed by atoms with van der Waals surface area (Å²) < 4.78 is 0. The van der Waals surface area contributed by atoms with Crippen molar-refractivity contribution in [1.82, 2.24) is 10.2 Å². The molecular weight excluding hydrogens is 176 g/mol. The molecule has 2 heterocycles. The van der Waals surface area contributed by atoms with Gasteiger partial charge in [0, 0.05) is 19.0 Å². The maximum Gasteiger partial charge on any atom is 0.226 e. The summed E-state index contributed by atoms with van der Waals surface area (Å²) in [5.74, 6) is 1.21. The molecule has 0 radical (unpaired) electrons. The van der Waals surface area contributed by atoms with Crippen molar-refractivity contribution in [1.29, 1.82) is 0 Å². The Morgan fingerprint density at radius 1 is 1.36 bits per heavy atom. The number of hydrogen-bond donors (Lipinski definition) is 1. The summed E-state index contributed by atoms with van der Waals surface area (Å²) in [6, 6.07) is 0. The molecule has 2 aliphatic heterocycles. The van der Waals surface area contributed by atoms with Crippen LogP contribution in [0.5, 0.6) is 0 Å². The predicted molar refractivity (Wildman–Crippen MR) is 56.0 cm³/mol. The first-order chi connectivity index (χ1) is 6.79. The topological polar surface area (TPSA) is 32.3 Å². The third-order valence-corrected chi connectivity index (χ3v) is 3.52. The first-order valence-corrected chi connectivity index (χ1v) is 5.78. The van der Waals surface area contributed by atoms with Gasteiger partial charge in [0.25, 0.3) is 0 Å². The largest absolute Gasteiger partial charge is 0.342 e. The Morgan fingerprint density at radius 2 is 2.07 bits per heavy atom. The summed E-state index contributed by atoms with van der Waals surface area (Å²) >= 11 is 0. The van der Waals surface area contributed by atoms with Crippen LogP contribution in [0, 0.1) is 11.8 Å². The van der Waals surface area contributed by atoms with E-state index in [1.807, 2.05) is 0 Å². The van der Waals surface area contributed by atoms with E-state index in [1.54, 1.807) is 0 Å². The van der Waals surface area contributed by atoms with Gasteiger partial charge in [0.05, 0.1) is 0 Å². The van der Waals surface area contributed by atoms with Crippen LogP contribution in [0.25, 0.3) is 0 Å². The lowest BCUT2D eigenvalue weighted by atomic mass is 9.87. The van der Waals surface area contributed by atoms with E-state index >= 15 is 0 Å². The number of amides is 1. The molecular formula is C11H20N2O. The molecule has 2 unspecified atom stereocenters. The number of piperidine rings is 1. The van der Waals surface area contributed by atoms with Gasteiger partial charge in [-0.1, -0.05) is 6.92 Å². The van der Waals surface area contributed by atoms with Crippen LogP contribution in [-0.2, 0) is 4.79 Å². The minimum absolute atomic E-state index is 0.286. The number of likely N-dealkylation sites (tertiary alicyclic amines) is 1. The van der Waals surface area contributed by atoms with Gasteiger partial charge >= 0.3 is 0 Å². The average Bonchev–Trinajstić information content (AvgIpc) is 2.70. The van der Waals surface area contributed by atoms with Crippen molar-refractivity contribution in [2.45, 2.75) is 26.2 Å². The first-order valence-electron chi connectivity index (χ1n) is 5.78. The van der Waals surface area contributed by atoms with Crippen LogP contribution in [0.15, 0.2) is 0 Å². The SMILES string of the molecule is CC1CNCCC1C(=O)N1CCCC1. The van der Waals surface area contributed by atoms with Gasteiger partial charge in [-0.2, -0.15) is 0 Å². The quantitative estimate of drug-likeness (QED) is 0.674. The Hall–Kier alpha value is -0.570. The Labute approximate surface area is 85.8 Å². The normalized spacial score (nSPS) is 33.4. The van der Waals surface area contributed by atoms with E-state index in [9.17, 15) is 4.79 Å². The van der Waals surface area contributed by atoms with Crippen molar-refractivity contribution < 1.29 is 4.79 Å². The number of nitrogens with zero attached hydrogens (tertiary/aromatic N) is 1. The lowest BCUT2D eigenvalue weighted by Gasteiger charge is -2.31. The van der Waals surface area contributed by atoms with Crippen molar-refractivity contribution in [2.24, 2.45) is 11.8 Å². The second kappa shape index (κ2) is 4.30. The molecule has 0 aromatic rings. The molecule has 0 spiro atoms. The van der Waals surface area contributed by atoms with Crippen molar-refractivity contribution in [3.63, 3.8) is 0 Å². The Balaban J connectivity index is 1.94. The summed E-state index contributed by atoms with van der Waals surface area (Å²) in [6.45, 7) is 6.19. The van der Waals surface area contributed by atoms with Crippen molar-refractivity contribution in [2.75, 3.05) is 26.2 Å². The van der Waals surface area contributed by atoms with Crippen molar-refractivity contribution >= 4 is 5.91 Å². The van der Waals surface area contributed by atoms with E-state index < -0.39 is 0 Å². The lowest BCUT2D eigenvalue weighted by molar-refractivity contribution is -0.136. The summed E-state index contributed by atoms with van der Waals surface area (Å²) in [6.07, 6.45) is 3.42. The Kier molecular flexibility index (Phi) is 3.06. The second-order valence-corrected chi connectivity index (χ2v) is 4.61. The molecule has 0 bridgehead atoms. The van der Waals surface area contributed by atoms with Gasteiger partial charge in [-0.15, -0.1) is 0 Å². The van der Waals surface area contributed by atoms with E-state index in [4.69, 9.17) is 0 Å². The van der Waals surface area contributed by atoms with E-state index in [2.05, 4.69) is 17.1 Å². The van der Waals surface area contributed by atoms with Gasteiger partial charge in [-0.05, 0) is 38.3 Å². The molecule has 80 valence electrons. The highest BCUT2D eigenvalue weighted by molar-refractivity contribution is 5.79. The van der Waals surface area contributed by atoms with Crippen molar-refractivity contribution in [3.05, 3.63) is 0 Å². The number of nitrogens with one attached hydrogen (secondary N) is 1. The highest BCUT2D eigenvalue weighted by atomic mass is 16.2. The summed E-state index contributed by atoms with van der Waals surface area (Å²) in [7, 11) is 0. The Morgan fingerprint density at radius 3 is 2.71 bits per heavy atom. The molecule has 14 heavy (non-hydrogen) atoms. The van der Waals surface area contributed by atoms with Crippen LogP contribution >= 0.6 is 0 Å². The molecule has 1 amide bonds. The minimum Gasteiger partial charge on any atom is -0.342 e. The molecule has 2 aliphatic rings. The van der Waals surface area contributed by atoms with E-state index in [1.165, 1.54) is 12.8 Å². The third-order valence-electron chi connectivity index (χ3n) is 3.52. The molecule has 0 aromatic carbocycles. The fraction of sp³-hybridized carbons (Fsp3) is 0.909. The van der Waals surface area contributed by atoms with Gasteiger partial charge in [0.1, 0.15) is 0 Å². The molecule has 2 saturated heterocycles. The number of carbonyl (C=O) groups excluding carboxylic acids is 1. The zero-order chi connectivity index (χ0) is 9.97. The molecule has 2 fully saturated rings. The van der Waals surface area contributed by atoms with Crippen LogP contribution in [0.3, 0.4) is 0 Å². The molecule has 3 nitrogen and oxygen atoms in total. The number of rotatable bonds is 1. The van der Waals surface area contributed by atoms with Gasteiger partial charge in [-0.25, -0.2) is 0 Å². The fourth-order valence-corrected chi connectivity index (χ4v) is 2.55. The third kappa shape index (κ3) is 1.92. The molecule has 1 N–H and O–H groups in total. The standard InChI is InChI=1S/C11H20N2O/c1-9-8-12-5-4-10(9)11(14)13-6-2-3-7-13/h9-10,12H,2-8H2,1H3. The number of carbonyl (C=O) groups is 1. The van der Waals surface area contributed by atoms with E-state index in [0.29, 0.717) is 11.8 Å². The van der Waals surface area contributed by atoms with Crippen LogP contribution in [0.2, 0.25) is 0 Å². The minimum atomic E-state index is 0.286. The summed E-state index contributed by atoms with van der Waals surface area (Å²) in [5.41, 5.74) is 0. The lowest BCUT2D eigenvalue weighted by Crippen LogP contribution is -2.44. The maximum absolute atomic E-state index is 12.1. The van der Waals surface area contributed by atoms with Gasteiger partial charge in [0.15, 0.2) is 0 Å². The smallest absolute Gasteiger partial charge is 0.226 e.